The molecule has 0 saturated heterocycles. The van der Waals surface area contributed by atoms with Crippen LogP contribution in [-0.2, 0) is 9.59 Å². The lowest BCUT2D eigenvalue weighted by Crippen LogP contribution is -2.11. The van der Waals surface area contributed by atoms with Gasteiger partial charge in [0.1, 0.15) is 17.2 Å². The summed E-state index contributed by atoms with van der Waals surface area (Å²) in [5.41, 5.74) is 9.70. The Kier molecular flexibility index (Phi) is 4.70. The average Bonchev–Trinajstić information content (AvgIpc) is 3.27. The molecule has 0 saturated carbocycles. The Morgan fingerprint density at radius 3 is 1.94 bits per heavy atom. The number of esters is 2. The number of benzene rings is 3. The summed E-state index contributed by atoms with van der Waals surface area (Å²) in [6.07, 6.45) is 0.914. The van der Waals surface area contributed by atoms with Gasteiger partial charge < -0.3 is 19.9 Å². The van der Waals surface area contributed by atoms with Gasteiger partial charge in [-0.15, -0.1) is 0 Å². The molecule has 5 rings (SSSR count). The summed E-state index contributed by atoms with van der Waals surface area (Å²) in [5.74, 6) is 0.652. The first kappa shape index (κ1) is 19.9. The van der Waals surface area contributed by atoms with Crippen molar-refractivity contribution < 1.29 is 23.8 Å². The van der Waals surface area contributed by atoms with Gasteiger partial charge in [0.15, 0.2) is 0 Å². The smallest absolute Gasteiger partial charge is 0.344 e. The second-order valence-electron chi connectivity index (χ2n) is 7.82. The van der Waals surface area contributed by atoms with E-state index in [9.17, 15) is 9.59 Å². The molecule has 0 aliphatic carbocycles. The van der Waals surface area contributed by atoms with Gasteiger partial charge in [0, 0.05) is 16.1 Å². The monoisotopic (exact) mass is 427 g/mol. The molecular weight excluding hydrogens is 406 g/mol. The predicted molar refractivity (Wildman–Crippen MR) is 120 cm³/mol. The molecule has 0 atom stereocenters. The van der Waals surface area contributed by atoms with Crippen LogP contribution in [0.25, 0.3) is 11.1 Å². The van der Waals surface area contributed by atoms with Gasteiger partial charge in [0.2, 0.25) is 0 Å². The highest BCUT2D eigenvalue weighted by Crippen LogP contribution is 2.28. The average molecular weight is 427 g/mol. The van der Waals surface area contributed by atoms with Crippen LogP contribution in [0.1, 0.15) is 30.0 Å². The fraction of sp³-hybridized carbons (Fsp3) is 0.154. The molecular formula is C26H21NO5. The Hall–Kier alpha value is -4.06. The van der Waals surface area contributed by atoms with Gasteiger partial charge >= 0.3 is 11.9 Å². The largest absolute Gasteiger partial charge is 0.494 e. The summed E-state index contributed by atoms with van der Waals surface area (Å²) in [6, 6.07) is 16.1. The van der Waals surface area contributed by atoms with Crippen LogP contribution in [0.5, 0.6) is 17.2 Å². The number of nitrogens with two attached hydrogens (primary N) is 1. The summed E-state index contributed by atoms with van der Waals surface area (Å²) in [4.78, 5) is 25.4. The van der Waals surface area contributed by atoms with Crippen LogP contribution in [-0.4, -0.2) is 18.5 Å². The zero-order valence-corrected chi connectivity index (χ0v) is 17.7. The van der Waals surface area contributed by atoms with Crippen LogP contribution in [0.2, 0.25) is 0 Å². The summed E-state index contributed by atoms with van der Waals surface area (Å²) < 4.78 is 16.7. The number of hydrogen-bond acceptors (Lipinski definition) is 6. The molecule has 2 aliphatic heterocycles. The van der Waals surface area contributed by atoms with Gasteiger partial charge in [0.25, 0.3) is 0 Å². The minimum atomic E-state index is -0.446. The third kappa shape index (κ3) is 3.21. The minimum Gasteiger partial charge on any atom is -0.494 e. The molecule has 2 heterocycles. The van der Waals surface area contributed by atoms with Crippen LogP contribution >= 0.6 is 0 Å². The lowest BCUT2D eigenvalue weighted by Gasteiger charge is -2.05. The lowest BCUT2D eigenvalue weighted by molar-refractivity contribution is -0.128. The minimum absolute atomic E-state index is 0.400. The quantitative estimate of drug-likeness (QED) is 0.383. The Morgan fingerprint density at radius 2 is 1.38 bits per heavy atom. The molecule has 6 heteroatoms. The van der Waals surface area contributed by atoms with E-state index in [0.717, 1.165) is 17.7 Å². The molecule has 6 nitrogen and oxygen atoms in total. The van der Waals surface area contributed by atoms with E-state index in [1.807, 2.05) is 44.2 Å². The summed E-state index contributed by atoms with van der Waals surface area (Å²) in [5, 5.41) is 1.19. The highest BCUT2D eigenvalue weighted by Gasteiger charge is 2.30. The van der Waals surface area contributed by atoms with Crippen molar-refractivity contribution >= 4 is 28.8 Å². The number of rotatable bonds is 5. The first-order valence-corrected chi connectivity index (χ1v) is 10.4. The Bertz CT molecular complexity index is 1400. The number of carbonyl (C=O) groups is 2. The Morgan fingerprint density at radius 1 is 0.812 bits per heavy atom. The maximum Gasteiger partial charge on any atom is 0.344 e. The van der Waals surface area contributed by atoms with Gasteiger partial charge in [-0.25, -0.2) is 9.59 Å². The van der Waals surface area contributed by atoms with E-state index in [0.29, 0.717) is 56.5 Å². The first-order valence-electron chi connectivity index (χ1n) is 10.4. The third-order valence-corrected chi connectivity index (χ3v) is 5.61. The molecule has 0 radical (unpaired) electrons. The molecule has 0 aromatic heterocycles. The Balaban J connectivity index is 1.65. The number of hydrogen-bond donors (Lipinski definition) is 1. The van der Waals surface area contributed by atoms with E-state index in [1.165, 1.54) is 0 Å². The van der Waals surface area contributed by atoms with Crippen molar-refractivity contribution in [1.29, 1.82) is 0 Å². The molecule has 0 unspecified atom stereocenters. The number of ether oxygens (including phenoxy) is 3. The van der Waals surface area contributed by atoms with Gasteiger partial charge in [-0.2, -0.15) is 0 Å². The van der Waals surface area contributed by atoms with Crippen molar-refractivity contribution in [2.24, 2.45) is 0 Å². The van der Waals surface area contributed by atoms with Crippen LogP contribution in [0, 0.1) is 6.92 Å². The maximum absolute atomic E-state index is 12.7. The fourth-order valence-electron chi connectivity index (χ4n) is 3.96. The molecule has 2 N–H and O–H groups in total. The third-order valence-electron chi connectivity index (χ3n) is 5.61. The number of carbonyl (C=O) groups excluding carboxylic acids is 2. The molecule has 0 fully saturated rings. The van der Waals surface area contributed by atoms with Crippen LogP contribution < -0.4 is 30.4 Å². The van der Waals surface area contributed by atoms with Gasteiger partial charge in [0.05, 0.1) is 17.8 Å². The highest BCUT2D eigenvalue weighted by molar-refractivity contribution is 6.21. The van der Waals surface area contributed by atoms with Crippen molar-refractivity contribution in [3.63, 3.8) is 0 Å². The second kappa shape index (κ2) is 7.57. The molecule has 3 aromatic carbocycles. The second-order valence-corrected chi connectivity index (χ2v) is 7.82. The van der Waals surface area contributed by atoms with E-state index in [4.69, 9.17) is 19.9 Å². The maximum atomic E-state index is 12.7. The zero-order valence-electron chi connectivity index (χ0n) is 17.7. The van der Waals surface area contributed by atoms with Gasteiger partial charge in [-0.1, -0.05) is 25.1 Å². The van der Waals surface area contributed by atoms with Gasteiger partial charge in [-0.05, 0) is 66.4 Å². The van der Waals surface area contributed by atoms with Crippen molar-refractivity contribution in [2.75, 3.05) is 12.3 Å². The number of fused-ring (bicyclic) bond motifs is 2. The van der Waals surface area contributed by atoms with Gasteiger partial charge in [-0.3, -0.25) is 0 Å². The normalized spacial score (nSPS) is 14.2. The first-order chi connectivity index (χ1) is 15.5. The van der Waals surface area contributed by atoms with E-state index in [-0.39, 0.29) is 0 Å². The standard InChI is InChI=1S/C26H21NO5/c1-3-10-30-17-7-4-15(5-8-17)23-18-12-22-19(13-21(18)31-25(23)28)24(26(29)32-22)16-6-9-20(27)14(2)11-16/h4-9,11-13H,3,10,27H2,1-2H3. The molecule has 0 amide bonds. The molecule has 2 aliphatic rings. The van der Waals surface area contributed by atoms with E-state index in [1.54, 1.807) is 24.3 Å². The number of aryl methyl sites for hydroxylation is 1. The molecule has 0 bridgehead atoms. The van der Waals surface area contributed by atoms with Crippen molar-refractivity contribution in [3.8, 4) is 17.2 Å². The SMILES string of the molecule is CCCOc1ccc(C2=c3cc4c(cc3OC2=O)=C(c2ccc(N)c(C)c2)C(=O)O4)cc1. The summed E-state index contributed by atoms with van der Waals surface area (Å²) in [7, 11) is 0. The van der Waals surface area contributed by atoms with Crippen molar-refractivity contribution in [1.82, 2.24) is 0 Å². The highest BCUT2D eigenvalue weighted by atomic mass is 16.5. The molecule has 32 heavy (non-hydrogen) atoms. The number of nitrogen functional groups attached to an aromatic ring is 1. The molecule has 160 valence electrons. The summed E-state index contributed by atoms with van der Waals surface area (Å²) >= 11 is 0. The van der Waals surface area contributed by atoms with Crippen LogP contribution in [0.15, 0.2) is 54.6 Å². The molecule has 0 spiro atoms. The lowest BCUT2D eigenvalue weighted by atomic mass is 10.00. The van der Waals surface area contributed by atoms with Crippen LogP contribution in [0.3, 0.4) is 0 Å². The zero-order chi connectivity index (χ0) is 22.4. The van der Waals surface area contributed by atoms with Crippen molar-refractivity contribution in [2.45, 2.75) is 20.3 Å². The molecule has 3 aromatic rings. The fourth-order valence-corrected chi connectivity index (χ4v) is 3.96. The Labute approximate surface area is 184 Å². The van der Waals surface area contributed by atoms with Crippen LogP contribution in [0.4, 0.5) is 5.69 Å². The topological polar surface area (TPSA) is 87.9 Å². The predicted octanol–water partition coefficient (Wildman–Crippen LogP) is 2.60. The van der Waals surface area contributed by atoms with Crippen molar-refractivity contribution in [3.05, 3.63) is 81.7 Å². The van der Waals surface area contributed by atoms with E-state index < -0.39 is 11.9 Å². The van der Waals surface area contributed by atoms with E-state index >= 15 is 0 Å². The summed E-state index contributed by atoms with van der Waals surface area (Å²) in [6.45, 7) is 4.55. The van der Waals surface area contributed by atoms with E-state index in [2.05, 4.69) is 0 Å². The number of anilines is 1.